The molecule has 2 aliphatic rings. The van der Waals surface area contributed by atoms with Gasteiger partial charge in [0.25, 0.3) is 0 Å². The van der Waals surface area contributed by atoms with Gasteiger partial charge in [0.15, 0.2) is 0 Å². The Labute approximate surface area is 150 Å². The number of amides is 3. The first kappa shape index (κ1) is 17.9. The van der Waals surface area contributed by atoms with Crippen LogP contribution in [-0.4, -0.2) is 52.8 Å². The normalized spacial score (nSPS) is 19.5. The summed E-state index contributed by atoms with van der Waals surface area (Å²) in [6, 6.07) is 6.17. The summed E-state index contributed by atoms with van der Waals surface area (Å²) in [5.41, 5.74) is 1.16. The lowest BCUT2D eigenvalue weighted by atomic mass is 10.0. The second kappa shape index (κ2) is 7.55. The van der Waals surface area contributed by atoms with E-state index in [0.29, 0.717) is 24.3 Å². The van der Waals surface area contributed by atoms with Gasteiger partial charge < -0.3 is 20.2 Å². The quantitative estimate of drug-likeness (QED) is 0.840. The molecule has 1 unspecified atom stereocenters. The molecule has 1 atom stereocenters. The summed E-state index contributed by atoms with van der Waals surface area (Å²) in [6.45, 7) is 0.310. The smallest absolute Gasteiger partial charge is 0.326 e. The predicted molar refractivity (Wildman–Crippen MR) is 93.6 cm³/mol. The number of carbonyl (C=O) groups excluding carboxylic acids is 3. The summed E-state index contributed by atoms with van der Waals surface area (Å²) >= 11 is 0. The van der Waals surface area contributed by atoms with Crippen molar-refractivity contribution in [1.29, 1.82) is 0 Å². The Morgan fingerprint density at radius 3 is 2.62 bits per heavy atom. The lowest BCUT2D eigenvalue weighted by molar-refractivity contribution is -0.152. The second-order valence-electron chi connectivity index (χ2n) is 6.48. The second-order valence-corrected chi connectivity index (χ2v) is 6.48. The molecule has 2 N–H and O–H groups in total. The number of hydrogen-bond donors (Lipinski definition) is 2. The van der Waals surface area contributed by atoms with Gasteiger partial charge in [-0.3, -0.25) is 14.4 Å². The highest BCUT2D eigenvalue weighted by atomic mass is 16.4. The van der Waals surface area contributed by atoms with Crippen LogP contribution in [-0.2, 0) is 19.2 Å². The number of nitrogens with zero attached hydrogens (tertiary/aromatic N) is 2. The number of hydrogen-bond acceptors (Lipinski definition) is 4. The monoisotopic (exact) mass is 359 g/mol. The summed E-state index contributed by atoms with van der Waals surface area (Å²) in [5.74, 6) is -1.96. The molecular formula is C18H21N3O5. The number of aliphatic carboxylic acids is 1. The zero-order valence-corrected chi connectivity index (χ0v) is 14.3. The lowest BCUT2D eigenvalue weighted by Gasteiger charge is -2.33. The van der Waals surface area contributed by atoms with Gasteiger partial charge in [0, 0.05) is 19.4 Å². The molecule has 8 nitrogen and oxygen atoms in total. The Bertz CT molecular complexity index is 748. The molecule has 1 fully saturated rings. The van der Waals surface area contributed by atoms with E-state index in [-0.39, 0.29) is 37.1 Å². The number of carboxylic acids is 1. The van der Waals surface area contributed by atoms with Crippen molar-refractivity contribution in [2.24, 2.45) is 0 Å². The molecule has 1 aromatic rings. The van der Waals surface area contributed by atoms with E-state index in [0.717, 1.165) is 12.8 Å². The molecule has 0 radical (unpaired) electrons. The maximum atomic E-state index is 12.6. The highest BCUT2D eigenvalue weighted by molar-refractivity contribution is 6.10. The average Bonchev–Trinajstić information content (AvgIpc) is 2.65. The number of nitrogens with one attached hydrogen (secondary N) is 1. The zero-order chi connectivity index (χ0) is 18.7. The standard InChI is InChI=1S/C18H21N3O5/c22-15-11-21(13-6-2-1-5-12(13)19-15)17(24)9-8-16(23)20-10-4-3-7-14(20)18(25)26/h1-2,5-6,14H,3-4,7-11H2,(H,19,22)(H,25,26). The van der Waals surface area contributed by atoms with Crippen molar-refractivity contribution in [2.45, 2.75) is 38.1 Å². The molecular weight excluding hydrogens is 338 g/mol. The van der Waals surface area contributed by atoms with Gasteiger partial charge in [0.2, 0.25) is 17.7 Å². The summed E-state index contributed by atoms with van der Waals surface area (Å²) in [6.07, 6.45) is 1.85. The van der Waals surface area contributed by atoms with Crippen LogP contribution < -0.4 is 10.2 Å². The van der Waals surface area contributed by atoms with E-state index in [9.17, 15) is 24.3 Å². The number of anilines is 2. The third-order valence-electron chi connectivity index (χ3n) is 4.73. The van der Waals surface area contributed by atoms with E-state index in [1.807, 2.05) is 0 Å². The largest absolute Gasteiger partial charge is 0.480 e. The van der Waals surface area contributed by atoms with Gasteiger partial charge in [-0.1, -0.05) is 12.1 Å². The van der Waals surface area contributed by atoms with Gasteiger partial charge >= 0.3 is 5.97 Å². The van der Waals surface area contributed by atoms with Crippen LogP contribution in [0.2, 0.25) is 0 Å². The lowest BCUT2D eigenvalue weighted by Crippen LogP contribution is -2.48. The van der Waals surface area contributed by atoms with Crippen molar-refractivity contribution in [2.75, 3.05) is 23.3 Å². The minimum atomic E-state index is -1.01. The Morgan fingerprint density at radius 2 is 1.85 bits per heavy atom. The van der Waals surface area contributed by atoms with Gasteiger partial charge in [-0.05, 0) is 31.4 Å². The van der Waals surface area contributed by atoms with Crippen LogP contribution in [0.3, 0.4) is 0 Å². The summed E-state index contributed by atoms with van der Waals surface area (Å²) in [7, 11) is 0. The molecule has 8 heteroatoms. The van der Waals surface area contributed by atoms with Crippen molar-refractivity contribution in [3.05, 3.63) is 24.3 Å². The van der Waals surface area contributed by atoms with E-state index in [1.165, 1.54) is 9.80 Å². The molecule has 138 valence electrons. The Morgan fingerprint density at radius 1 is 1.12 bits per heavy atom. The van der Waals surface area contributed by atoms with Crippen molar-refractivity contribution < 1.29 is 24.3 Å². The first-order chi connectivity index (χ1) is 12.5. The van der Waals surface area contributed by atoms with Crippen molar-refractivity contribution in [3.8, 4) is 0 Å². The average molecular weight is 359 g/mol. The van der Waals surface area contributed by atoms with E-state index in [2.05, 4.69) is 5.32 Å². The molecule has 0 aliphatic carbocycles. The van der Waals surface area contributed by atoms with Gasteiger partial charge in [-0.15, -0.1) is 0 Å². The number of benzene rings is 1. The molecule has 2 aliphatic heterocycles. The van der Waals surface area contributed by atoms with Gasteiger partial charge in [0.1, 0.15) is 12.6 Å². The van der Waals surface area contributed by atoms with E-state index in [4.69, 9.17) is 0 Å². The topological polar surface area (TPSA) is 107 Å². The number of rotatable bonds is 4. The number of carboxylic acid groups (broad SMARTS) is 1. The van der Waals surface area contributed by atoms with Gasteiger partial charge in [-0.25, -0.2) is 4.79 Å². The fourth-order valence-electron chi connectivity index (χ4n) is 3.43. The third kappa shape index (κ3) is 3.68. The number of fused-ring (bicyclic) bond motifs is 1. The summed E-state index contributed by atoms with van der Waals surface area (Å²) in [5, 5.41) is 12.0. The molecule has 1 aromatic carbocycles. The van der Waals surface area contributed by atoms with E-state index < -0.39 is 12.0 Å². The van der Waals surface area contributed by atoms with Crippen LogP contribution >= 0.6 is 0 Å². The zero-order valence-electron chi connectivity index (χ0n) is 14.3. The van der Waals surface area contributed by atoms with Crippen molar-refractivity contribution in [3.63, 3.8) is 0 Å². The van der Waals surface area contributed by atoms with Crippen LogP contribution in [0.4, 0.5) is 11.4 Å². The maximum absolute atomic E-state index is 12.6. The molecule has 2 heterocycles. The number of carbonyl (C=O) groups is 4. The van der Waals surface area contributed by atoms with Crippen LogP contribution in [0.5, 0.6) is 0 Å². The van der Waals surface area contributed by atoms with Crippen LogP contribution in [0.25, 0.3) is 0 Å². The highest BCUT2D eigenvalue weighted by Crippen LogP contribution is 2.29. The van der Waals surface area contributed by atoms with Gasteiger partial charge in [-0.2, -0.15) is 0 Å². The highest BCUT2D eigenvalue weighted by Gasteiger charge is 2.33. The van der Waals surface area contributed by atoms with E-state index >= 15 is 0 Å². The number of piperidine rings is 1. The van der Waals surface area contributed by atoms with E-state index in [1.54, 1.807) is 24.3 Å². The van der Waals surface area contributed by atoms with Crippen molar-refractivity contribution in [1.82, 2.24) is 4.90 Å². The molecule has 1 saturated heterocycles. The van der Waals surface area contributed by atoms with Crippen LogP contribution in [0.1, 0.15) is 32.1 Å². The maximum Gasteiger partial charge on any atom is 0.326 e. The Hall–Kier alpha value is -2.90. The molecule has 3 rings (SSSR count). The fraction of sp³-hybridized carbons (Fsp3) is 0.444. The first-order valence-corrected chi connectivity index (χ1v) is 8.69. The molecule has 3 amide bonds. The third-order valence-corrected chi connectivity index (χ3v) is 4.73. The first-order valence-electron chi connectivity index (χ1n) is 8.69. The fourth-order valence-corrected chi connectivity index (χ4v) is 3.43. The minimum Gasteiger partial charge on any atom is -0.480 e. The number of likely N-dealkylation sites (tertiary alicyclic amines) is 1. The minimum absolute atomic E-state index is 0.0662. The Balaban J connectivity index is 1.64. The summed E-state index contributed by atoms with van der Waals surface area (Å²) < 4.78 is 0. The Kier molecular flexibility index (Phi) is 5.20. The van der Waals surface area contributed by atoms with Crippen LogP contribution in [0.15, 0.2) is 24.3 Å². The van der Waals surface area contributed by atoms with Gasteiger partial charge in [0.05, 0.1) is 11.4 Å². The summed E-state index contributed by atoms with van der Waals surface area (Å²) in [4.78, 5) is 50.8. The SMILES string of the molecule is O=C1CN(C(=O)CCC(=O)N2CCCCC2C(=O)O)c2ccccc2N1. The molecule has 0 spiro atoms. The molecule has 0 bridgehead atoms. The van der Waals surface area contributed by atoms with Crippen molar-refractivity contribution >= 4 is 35.1 Å². The number of para-hydroxylation sites is 2. The van der Waals surface area contributed by atoms with Crippen LogP contribution in [0, 0.1) is 0 Å². The molecule has 0 saturated carbocycles. The predicted octanol–water partition coefficient (Wildman–Crippen LogP) is 1.22. The molecule has 0 aromatic heterocycles. The molecule has 26 heavy (non-hydrogen) atoms.